The van der Waals surface area contributed by atoms with E-state index >= 15 is 0 Å². The van der Waals surface area contributed by atoms with Gasteiger partial charge >= 0.3 is 0 Å². The van der Waals surface area contributed by atoms with Crippen molar-refractivity contribution in [1.29, 1.82) is 0 Å². The van der Waals surface area contributed by atoms with Gasteiger partial charge in [0, 0.05) is 42.8 Å². The van der Waals surface area contributed by atoms with E-state index in [0.717, 1.165) is 19.0 Å². The van der Waals surface area contributed by atoms with Crippen LogP contribution in [0.2, 0.25) is 0 Å². The molecule has 2 atom stereocenters. The molecule has 3 nitrogen and oxygen atoms in total. The summed E-state index contributed by atoms with van der Waals surface area (Å²) in [5.74, 6) is 1.47. The average molecular weight is 275 g/mol. The number of pyridine rings is 1. The molecule has 1 aromatic rings. The number of piperidine rings is 1. The van der Waals surface area contributed by atoms with Crippen LogP contribution in [0, 0.1) is 11.8 Å². The van der Waals surface area contributed by atoms with Gasteiger partial charge in [-0.15, -0.1) is 0 Å². The Hall–Kier alpha value is -1.09. The molecule has 2 unspecified atom stereocenters. The van der Waals surface area contributed by atoms with E-state index in [1.807, 2.05) is 12.4 Å². The zero-order valence-electron chi connectivity index (χ0n) is 13.4. The number of anilines is 1. The Balaban J connectivity index is 2.10. The Labute approximate surface area is 123 Å². The number of hydrogen-bond acceptors (Lipinski definition) is 3. The summed E-state index contributed by atoms with van der Waals surface area (Å²) in [7, 11) is 0. The van der Waals surface area contributed by atoms with Gasteiger partial charge < -0.3 is 10.2 Å². The molecular formula is C17H29N3. The molecule has 0 radical (unpaired) electrons. The van der Waals surface area contributed by atoms with Crippen LogP contribution < -0.4 is 10.2 Å². The fourth-order valence-corrected chi connectivity index (χ4v) is 2.96. The first-order chi connectivity index (χ1) is 9.58. The second-order valence-corrected chi connectivity index (χ2v) is 6.71. The first-order valence-electron chi connectivity index (χ1n) is 7.98. The molecule has 0 aromatic carbocycles. The lowest BCUT2D eigenvalue weighted by atomic mass is 9.94. The first-order valence-corrected chi connectivity index (χ1v) is 7.98. The summed E-state index contributed by atoms with van der Waals surface area (Å²) in [6, 6.07) is 2.82. The molecule has 2 rings (SSSR count). The smallest absolute Gasteiger partial charge is 0.0445 e. The molecule has 1 aliphatic rings. The zero-order valence-corrected chi connectivity index (χ0v) is 13.4. The molecule has 0 saturated carbocycles. The summed E-state index contributed by atoms with van der Waals surface area (Å²) in [6.45, 7) is 12.3. The van der Waals surface area contributed by atoms with Gasteiger partial charge in [-0.2, -0.15) is 0 Å². The van der Waals surface area contributed by atoms with Crippen LogP contribution >= 0.6 is 0 Å². The molecule has 1 N–H and O–H groups in total. The van der Waals surface area contributed by atoms with Gasteiger partial charge in [0.25, 0.3) is 0 Å². The van der Waals surface area contributed by atoms with Gasteiger partial charge in [-0.05, 0) is 44.2 Å². The van der Waals surface area contributed by atoms with Crippen molar-refractivity contribution in [3.63, 3.8) is 0 Å². The van der Waals surface area contributed by atoms with Gasteiger partial charge in [-0.3, -0.25) is 4.98 Å². The highest BCUT2D eigenvalue weighted by atomic mass is 15.2. The van der Waals surface area contributed by atoms with E-state index in [-0.39, 0.29) is 0 Å². The first kappa shape index (κ1) is 15.3. The highest BCUT2D eigenvalue weighted by Gasteiger charge is 2.24. The minimum Gasteiger partial charge on any atom is -0.368 e. The van der Waals surface area contributed by atoms with Crippen LogP contribution in [-0.2, 0) is 6.54 Å². The van der Waals surface area contributed by atoms with Gasteiger partial charge in [0.15, 0.2) is 0 Å². The van der Waals surface area contributed by atoms with Crippen molar-refractivity contribution in [1.82, 2.24) is 10.3 Å². The lowest BCUT2D eigenvalue weighted by Crippen LogP contribution is -2.41. The summed E-state index contributed by atoms with van der Waals surface area (Å²) < 4.78 is 0. The predicted octanol–water partition coefficient (Wildman–Crippen LogP) is 3.45. The van der Waals surface area contributed by atoms with E-state index < -0.39 is 0 Å². The Morgan fingerprint density at radius 3 is 2.90 bits per heavy atom. The molecule has 0 bridgehead atoms. The lowest BCUT2D eigenvalue weighted by Gasteiger charge is -2.39. The van der Waals surface area contributed by atoms with Crippen LogP contribution in [0.3, 0.4) is 0 Å². The summed E-state index contributed by atoms with van der Waals surface area (Å²) in [6.07, 6.45) is 6.59. The third-order valence-corrected chi connectivity index (χ3v) is 4.17. The maximum absolute atomic E-state index is 4.32. The number of nitrogens with zero attached hydrogens (tertiary/aromatic N) is 2. The van der Waals surface area contributed by atoms with Gasteiger partial charge in [0.05, 0.1) is 0 Å². The molecule has 2 heterocycles. The number of rotatable bonds is 5. The topological polar surface area (TPSA) is 28.2 Å². The molecule has 112 valence electrons. The van der Waals surface area contributed by atoms with Crippen molar-refractivity contribution in [3.05, 3.63) is 24.0 Å². The van der Waals surface area contributed by atoms with Gasteiger partial charge in [-0.25, -0.2) is 0 Å². The second kappa shape index (κ2) is 7.07. The van der Waals surface area contributed by atoms with E-state index in [0.29, 0.717) is 12.0 Å². The molecule has 1 aromatic heterocycles. The van der Waals surface area contributed by atoms with Crippen LogP contribution in [0.1, 0.15) is 46.1 Å². The zero-order chi connectivity index (χ0) is 14.5. The third kappa shape index (κ3) is 3.95. The molecule has 3 heteroatoms. The monoisotopic (exact) mass is 275 g/mol. The summed E-state index contributed by atoms with van der Waals surface area (Å²) in [5.41, 5.74) is 2.70. The normalized spacial score (nSPS) is 23.4. The van der Waals surface area contributed by atoms with Crippen LogP contribution in [0.15, 0.2) is 18.5 Å². The molecule has 1 fully saturated rings. The fraction of sp³-hybridized carbons (Fsp3) is 0.706. The van der Waals surface area contributed by atoms with E-state index in [1.165, 1.54) is 30.6 Å². The Kier molecular flexibility index (Phi) is 5.41. The largest absolute Gasteiger partial charge is 0.368 e. The van der Waals surface area contributed by atoms with Crippen molar-refractivity contribution >= 4 is 5.69 Å². The quantitative estimate of drug-likeness (QED) is 0.892. The highest BCUT2D eigenvalue weighted by molar-refractivity contribution is 5.53. The SMILES string of the molecule is CC(C)CNCc1cnccc1N1CC(C)CCC1C. The molecule has 1 aliphatic heterocycles. The summed E-state index contributed by atoms with van der Waals surface area (Å²) in [4.78, 5) is 6.89. The van der Waals surface area contributed by atoms with Crippen LogP contribution in [0.5, 0.6) is 0 Å². The number of hydrogen-bond donors (Lipinski definition) is 1. The minimum atomic E-state index is 0.637. The van der Waals surface area contributed by atoms with E-state index in [1.54, 1.807) is 0 Å². The van der Waals surface area contributed by atoms with E-state index in [4.69, 9.17) is 0 Å². The second-order valence-electron chi connectivity index (χ2n) is 6.71. The van der Waals surface area contributed by atoms with Crippen molar-refractivity contribution in [2.45, 2.75) is 53.1 Å². The molecule has 0 aliphatic carbocycles. The fourth-order valence-electron chi connectivity index (χ4n) is 2.96. The average Bonchev–Trinajstić information content (AvgIpc) is 2.42. The lowest BCUT2D eigenvalue weighted by molar-refractivity contribution is 0.389. The summed E-state index contributed by atoms with van der Waals surface area (Å²) >= 11 is 0. The molecular weight excluding hydrogens is 246 g/mol. The maximum atomic E-state index is 4.32. The third-order valence-electron chi connectivity index (χ3n) is 4.17. The molecule has 1 saturated heterocycles. The van der Waals surface area contributed by atoms with Crippen molar-refractivity contribution in [2.75, 3.05) is 18.0 Å². The number of aromatic nitrogens is 1. The Morgan fingerprint density at radius 2 is 2.15 bits per heavy atom. The van der Waals surface area contributed by atoms with Crippen LogP contribution in [0.25, 0.3) is 0 Å². The van der Waals surface area contributed by atoms with E-state index in [9.17, 15) is 0 Å². The standard InChI is InChI=1S/C17H29N3/c1-13(2)9-19-11-16-10-18-8-7-17(16)20-12-14(3)5-6-15(20)4/h7-8,10,13-15,19H,5-6,9,11-12H2,1-4H3. The molecule has 0 amide bonds. The van der Waals surface area contributed by atoms with Crippen LogP contribution in [-0.4, -0.2) is 24.1 Å². The van der Waals surface area contributed by atoms with Gasteiger partial charge in [0.1, 0.15) is 0 Å². The minimum absolute atomic E-state index is 0.637. The van der Waals surface area contributed by atoms with Crippen molar-refractivity contribution < 1.29 is 0 Å². The Bertz CT molecular complexity index is 416. The van der Waals surface area contributed by atoms with E-state index in [2.05, 4.69) is 49.0 Å². The van der Waals surface area contributed by atoms with Gasteiger partial charge in [-0.1, -0.05) is 20.8 Å². The van der Waals surface area contributed by atoms with Crippen LogP contribution in [0.4, 0.5) is 5.69 Å². The Morgan fingerprint density at radius 1 is 1.35 bits per heavy atom. The van der Waals surface area contributed by atoms with Gasteiger partial charge in [0.2, 0.25) is 0 Å². The predicted molar refractivity (Wildman–Crippen MR) is 86.0 cm³/mol. The van der Waals surface area contributed by atoms with Crippen molar-refractivity contribution in [2.24, 2.45) is 11.8 Å². The highest BCUT2D eigenvalue weighted by Crippen LogP contribution is 2.29. The molecule has 20 heavy (non-hydrogen) atoms. The summed E-state index contributed by atoms with van der Waals surface area (Å²) in [5, 5.41) is 3.54. The number of nitrogens with one attached hydrogen (secondary N) is 1. The molecule has 0 spiro atoms. The maximum Gasteiger partial charge on any atom is 0.0445 e. The van der Waals surface area contributed by atoms with Crippen molar-refractivity contribution in [3.8, 4) is 0 Å².